The van der Waals surface area contributed by atoms with E-state index in [1.807, 2.05) is 13.8 Å². The smallest absolute Gasteiger partial charge is 0.311 e. The van der Waals surface area contributed by atoms with Crippen molar-refractivity contribution in [3.8, 4) is 18.1 Å². The van der Waals surface area contributed by atoms with Gasteiger partial charge in [-0.3, -0.25) is 24.0 Å². The number of amides is 4. The van der Waals surface area contributed by atoms with Gasteiger partial charge in [0.05, 0.1) is 13.0 Å². The van der Waals surface area contributed by atoms with Crippen LogP contribution in [0.4, 0.5) is 0 Å². The molecule has 1 aromatic carbocycles. The van der Waals surface area contributed by atoms with E-state index >= 15 is 0 Å². The minimum atomic E-state index is -1.18. The van der Waals surface area contributed by atoms with Crippen LogP contribution in [0.25, 0.3) is 0 Å². The fourth-order valence-corrected chi connectivity index (χ4v) is 5.29. The topological polar surface area (TPSA) is 134 Å². The molecule has 11 heteroatoms. The highest BCUT2D eigenvalue weighted by Gasteiger charge is 2.40. The number of rotatable bonds is 9. The summed E-state index contributed by atoms with van der Waals surface area (Å²) in [5.41, 5.74) is 0.755. The van der Waals surface area contributed by atoms with E-state index in [-0.39, 0.29) is 18.3 Å². The van der Waals surface area contributed by atoms with Crippen LogP contribution in [0, 0.1) is 30.1 Å². The molecule has 1 saturated heterocycles. The standard InChI is InChI=1S/C35H52N4O7/c1-11-13-14-15-27-23(6)35(44)46-30(22(5)12-2)34(43)39(9)28(20-25-16-18-26(45-10)19-17-25)32(41)37-29(21(3)4)33(42)38(8)24(7)31(40)36-27/h1,16-19,21-24,27-30H,12-15,20H2,2-10H3,(H,36,40)(H,37,41). The summed E-state index contributed by atoms with van der Waals surface area (Å²) in [7, 11) is 4.57. The van der Waals surface area contributed by atoms with Crippen LogP contribution in [0.5, 0.6) is 5.75 Å². The van der Waals surface area contributed by atoms with E-state index in [0.29, 0.717) is 31.4 Å². The highest BCUT2D eigenvalue weighted by molar-refractivity contribution is 5.95. The van der Waals surface area contributed by atoms with Gasteiger partial charge in [0.2, 0.25) is 17.7 Å². The number of hydrogen-bond acceptors (Lipinski definition) is 7. The van der Waals surface area contributed by atoms with Crippen molar-refractivity contribution < 1.29 is 33.4 Å². The Kier molecular flexibility index (Phi) is 14.6. The van der Waals surface area contributed by atoms with Gasteiger partial charge in [0.15, 0.2) is 6.10 Å². The molecule has 7 atom stereocenters. The van der Waals surface area contributed by atoms with Crippen molar-refractivity contribution >= 4 is 29.6 Å². The van der Waals surface area contributed by atoms with Crippen LogP contribution < -0.4 is 15.4 Å². The number of cyclic esters (lactones) is 1. The lowest BCUT2D eigenvalue weighted by atomic mass is 9.94. The molecule has 4 amide bonds. The number of carbonyl (C=O) groups excluding carboxylic acids is 5. The first-order valence-electron chi connectivity index (χ1n) is 16.1. The molecular formula is C35H52N4O7. The lowest BCUT2D eigenvalue weighted by Crippen LogP contribution is -2.60. The predicted molar refractivity (Wildman–Crippen MR) is 175 cm³/mol. The number of terminal acetylenes is 1. The fraction of sp³-hybridized carbons (Fsp3) is 0.629. The Bertz CT molecular complexity index is 1260. The third-order valence-electron chi connectivity index (χ3n) is 9.03. The monoisotopic (exact) mass is 640 g/mol. The van der Waals surface area contributed by atoms with E-state index in [9.17, 15) is 24.0 Å². The normalized spacial score (nSPS) is 26.2. The fourth-order valence-electron chi connectivity index (χ4n) is 5.29. The molecule has 0 saturated carbocycles. The van der Waals surface area contributed by atoms with Crippen LogP contribution in [-0.2, 0) is 35.1 Å². The SMILES string of the molecule is C#CCCCC1NC(=O)C(C)N(C)C(=O)C(C(C)C)NC(=O)C(Cc2ccc(OC)cc2)N(C)C(=O)C(C(C)CC)OC(=O)C1C. The second-order valence-corrected chi connectivity index (χ2v) is 12.6. The first kappa shape index (κ1) is 38.1. The van der Waals surface area contributed by atoms with Gasteiger partial charge in [0, 0.05) is 38.9 Å². The van der Waals surface area contributed by atoms with Gasteiger partial charge in [-0.05, 0) is 56.7 Å². The minimum absolute atomic E-state index is 0.126. The number of ether oxygens (including phenoxy) is 2. The Hall–Kier alpha value is -4.07. The van der Waals surface area contributed by atoms with Crippen molar-refractivity contribution in [1.82, 2.24) is 20.4 Å². The molecule has 1 fully saturated rings. The van der Waals surface area contributed by atoms with E-state index < -0.39 is 65.8 Å². The van der Waals surface area contributed by atoms with Gasteiger partial charge in [0.25, 0.3) is 5.91 Å². The molecule has 1 aliphatic heterocycles. The zero-order valence-electron chi connectivity index (χ0n) is 28.8. The van der Waals surface area contributed by atoms with Crippen molar-refractivity contribution in [3.05, 3.63) is 29.8 Å². The molecule has 11 nitrogen and oxygen atoms in total. The lowest BCUT2D eigenvalue weighted by molar-refractivity contribution is -0.168. The molecule has 0 aliphatic carbocycles. The van der Waals surface area contributed by atoms with Gasteiger partial charge in [-0.15, -0.1) is 12.3 Å². The number of nitrogens with one attached hydrogen (secondary N) is 2. The number of unbranched alkanes of at least 4 members (excludes halogenated alkanes) is 1. The molecule has 7 unspecified atom stereocenters. The van der Waals surface area contributed by atoms with E-state index in [2.05, 4.69) is 16.6 Å². The minimum Gasteiger partial charge on any atom is -0.497 e. The Morgan fingerprint density at radius 1 is 0.957 bits per heavy atom. The largest absolute Gasteiger partial charge is 0.497 e. The number of likely N-dealkylation sites (N-methyl/N-ethyl adjacent to an activating group) is 2. The van der Waals surface area contributed by atoms with Gasteiger partial charge < -0.3 is 29.9 Å². The predicted octanol–water partition coefficient (Wildman–Crippen LogP) is 2.95. The molecule has 0 radical (unpaired) electrons. The van der Waals surface area contributed by atoms with E-state index in [1.54, 1.807) is 59.1 Å². The summed E-state index contributed by atoms with van der Waals surface area (Å²) in [5, 5.41) is 5.79. The highest BCUT2D eigenvalue weighted by atomic mass is 16.5. The summed E-state index contributed by atoms with van der Waals surface area (Å²) in [5.74, 6) is -0.978. The van der Waals surface area contributed by atoms with Gasteiger partial charge in [0.1, 0.15) is 23.9 Å². The summed E-state index contributed by atoms with van der Waals surface area (Å²) in [4.78, 5) is 71.6. The number of carbonyl (C=O) groups is 5. The van der Waals surface area contributed by atoms with E-state index in [0.717, 1.165) is 5.56 Å². The zero-order chi connectivity index (χ0) is 34.7. The summed E-state index contributed by atoms with van der Waals surface area (Å²) < 4.78 is 11.2. The van der Waals surface area contributed by atoms with Crippen molar-refractivity contribution in [1.29, 1.82) is 0 Å². The molecule has 1 aliphatic rings. The van der Waals surface area contributed by atoms with Crippen LogP contribution >= 0.6 is 0 Å². The average molecular weight is 641 g/mol. The highest BCUT2D eigenvalue weighted by Crippen LogP contribution is 2.23. The van der Waals surface area contributed by atoms with E-state index in [1.165, 1.54) is 23.9 Å². The second-order valence-electron chi connectivity index (χ2n) is 12.6. The van der Waals surface area contributed by atoms with Crippen LogP contribution in [0.15, 0.2) is 24.3 Å². The number of methoxy groups -OCH3 is 1. The van der Waals surface area contributed by atoms with Crippen molar-refractivity contribution in [2.75, 3.05) is 21.2 Å². The van der Waals surface area contributed by atoms with Crippen molar-refractivity contribution in [2.45, 2.75) is 104 Å². The maximum Gasteiger partial charge on any atom is 0.311 e. The lowest BCUT2D eigenvalue weighted by Gasteiger charge is -2.36. The Labute approximate surface area is 274 Å². The molecule has 0 bridgehead atoms. The van der Waals surface area contributed by atoms with Crippen LogP contribution in [-0.4, -0.2) is 90.9 Å². The van der Waals surface area contributed by atoms with Gasteiger partial charge in [-0.1, -0.05) is 39.8 Å². The molecular weight excluding hydrogens is 588 g/mol. The maximum atomic E-state index is 14.1. The molecule has 1 aromatic rings. The Balaban J connectivity index is 2.66. The van der Waals surface area contributed by atoms with Crippen LogP contribution in [0.2, 0.25) is 0 Å². The summed E-state index contributed by atoms with van der Waals surface area (Å²) in [6.07, 6.45) is 6.32. The number of hydrogen-bond donors (Lipinski definition) is 2. The van der Waals surface area contributed by atoms with Gasteiger partial charge in [-0.25, -0.2) is 0 Å². The summed E-state index contributed by atoms with van der Waals surface area (Å²) in [6, 6.07) is 3.54. The maximum absolute atomic E-state index is 14.1. The number of benzene rings is 1. The molecule has 46 heavy (non-hydrogen) atoms. The van der Waals surface area contributed by atoms with Gasteiger partial charge in [-0.2, -0.15) is 0 Å². The molecule has 1 heterocycles. The summed E-state index contributed by atoms with van der Waals surface area (Å²) in [6.45, 7) is 10.5. The van der Waals surface area contributed by atoms with Crippen LogP contribution in [0.1, 0.15) is 72.8 Å². The van der Waals surface area contributed by atoms with Crippen molar-refractivity contribution in [2.24, 2.45) is 17.8 Å². The first-order chi connectivity index (χ1) is 21.7. The number of nitrogens with zero attached hydrogens (tertiary/aromatic N) is 2. The third-order valence-corrected chi connectivity index (χ3v) is 9.03. The second kappa shape index (κ2) is 17.6. The molecule has 0 spiro atoms. The molecule has 254 valence electrons. The average Bonchev–Trinajstić information content (AvgIpc) is 3.05. The Morgan fingerprint density at radius 2 is 1.59 bits per heavy atom. The van der Waals surface area contributed by atoms with Crippen LogP contribution in [0.3, 0.4) is 0 Å². The third kappa shape index (κ3) is 9.71. The van der Waals surface area contributed by atoms with Crippen molar-refractivity contribution in [3.63, 3.8) is 0 Å². The first-order valence-corrected chi connectivity index (χ1v) is 16.1. The number of esters is 1. The Morgan fingerprint density at radius 3 is 2.13 bits per heavy atom. The summed E-state index contributed by atoms with van der Waals surface area (Å²) >= 11 is 0. The van der Waals surface area contributed by atoms with E-state index in [4.69, 9.17) is 15.9 Å². The molecule has 2 rings (SSSR count). The quantitative estimate of drug-likeness (QED) is 0.241. The van der Waals surface area contributed by atoms with Gasteiger partial charge >= 0.3 is 5.97 Å². The molecule has 0 aromatic heterocycles. The zero-order valence-corrected chi connectivity index (χ0v) is 28.8. The molecule has 2 N–H and O–H groups in total.